The summed E-state index contributed by atoms with van der Waals surface area (Å²) >= 11 is 0. The highest BCUT2D eigenvalue weighted by atomic mass is 16.6. The molecular formula is C12H18N2O3. The molecule has 0 N–H and O–H groups in total. The van der Waals surface area contributed by atoms with Crippen LogP contribution in [0.25, 0.3) is 0 Å². The van der Waals surface area contributed by atoms with Gasteiger partial charge in [0.1, 0.15) is 6.10 Å². The molecule has 1 aromatic heterocycles. The first-order valence-electron chi connectivity index (χ1n) is 5.93. The maximum Gasteiger partial charge on any atom is 0.169 e. The van der Waals surface area contributed by atoms with E-state index in [1.54, 1.807) is 0 Å². The molecule has 17 heavy (non-hydrogen) atoms. The quantitative estimate of drug-likeness (QED) is 0.785. The van der Waals surface area contributed by atoms with Gasteiger partial charge in [-0.25, -0.2) is 0 Å². The molecule has 1 atom stereocenters. The van der Waals surface area contributed by atoms with E-state index in [0.29, 0.717) is 32.3 Å². The average molecular weight is 238 g/mol. The van der Waals surface area contributed by atoms with Gasteiger partial charge in [-0.2, -0.15) is 5.10 Å². The monoisotopic (exact) mass is 238 g/mol. The van der Waals surface area contributed by atoms with Crippen LogP contribution in [0.4, 0.5) is 0 Å². The first kappa shape index (κ1) is 12.3. The lowest BCUT2D eigenvalue weighted by Gasteiger charge is -2.21. The lowest BCUT2D eigenvalue weighted by Crippen LogP contribution is -2.36. The number of aromatic nitrogens is 2. The van der Waals surface area contributed by atoms with Crippen LogP contribution in [0, 0.1) is 0 Å². The van der Waals surface area contributed by atoms with E-state index in [2.05, 4.69) is 18.9 Å². The van der Waals surface area contributed by atoms with Gasteiger partial charge in [0.15, 0.2) is 5.78 Å². The Labute approximate surface area is 101 Å². The molecule has 1 unspecified atom stereocenters. The molecule has 2 rings (SSSR count). The minimum Gasteiger partial charge on any atom is -0.376 e. The Morgan fingerprint density at radius 2 is 2.41 bits per heavy atom. The number of hydrogen-bond donors (Lipinski definition) is 0. The third-order valence-electron chi connectivity index (χ3n) is 2.72. The highest BCUT2D eigenvalue weighted by Gasteiger charge is 2.23. The van der Waals surface area contributed by atoms with Gasteiger partial charge < -0.3 is 9.47 Å². The fraction of sp³-hybridized carbons (Fsp3) is 0.667. The zero-order valence-corrected chi connectivity index (χ0v) is 10.3. The van der Waals surface area contributed by atoms with Crippen LogP contribution in [-0.4, -0.2) is 41.5 Å². The van der Waals surface area contributed by atoms with E-state index in [4.69, 9.17) is 9.47 Å². The van der Waals surface area contributed by atoms with Crippen LogP contribution in [-0.2, 0) is 20.7 Å². The van der Waals surface area contributed by atoms with Crippen molar-refractivity contribution >= 4 is 5.78 Å². The summed E-state index contributed by atoms with van der Waals surface area (Å²) in [6.07, 6.45) is 1.78. The maximum absolute atomic E-state index is 11.9. The molecule has 1 aliphatic rings. The molecule has 0 amide bonds. The predicted octanol–water partition coefficient (Wildman–Crippen LogP) is 0.991. The van der Waals surface area contributed by atoms with E-state index in [1.165, 1.54) is 0 Å². The van der Waals surface area contributed by atoms with Gasteiger partial charge in [0.05, 0.1) is 31.9 Å². The standard InChI is InChI=1S/C12H18N2O3/c1-9(2)14-4-3-10(13-14)7-11(15)12-8-16-5-6-17-12/h3-4,9,12H,5-8H2,1-2H3. The van der Waals surface area contributed by atoms with E-state index in [0.717, 1.165) is 5.69 Å². The number of carbonyl (C=O) groups is 1. The molecule has 1 saturated heterocycles. The molecule has 2 heterocycles. The normalized spacial score (nSPS) is 20.8. The molecule has 0 aromatic carbocycles. The molecule has 1 aromatic rings. The van der Waals surface area contributed by atoms with Gasteiger partial charge in [-0.05, 0) is 19.9 Å². The third kappa shape index (κ3) is 3.14. The Kier molecular flexibility index (Phi) is 3.91. The largest absolute Gasteiger partial charge is 0.376 e. The molecule has 0 bridgehead atoms. The molecule has 94 valence electrons. The molecule has 0 aliphatic carbocycles. The van der Waals surface area contributed by atoms with Crippen LogP contribution in [0.5, 0.6) is 0 Å². The zero-order valence-electron chi connectivity index (χ0n) is 10.3. The van der Waals surface area contributed by atoms with E-state index < -0.39 is 6.10 Å². The van der Waals surface area contributed by atoms with Crippen LogP contribution in [0.3, 0.4) is 0 Å². The fourth-order valence-corrected chi connectivity index (χ4v) is 1.73. The Morgan fingerprint density at radius 1 is 1.59 bits per heavy atom. The van der Waals surface area contributed by atoms with Gasteiger partial charge >= 0.3 is 0 Å². The summed E-state index contributed by atoms with van der Waals surface area (Å²) in [7, 11) is 0. The second-order valence-corrected chi connectivity index (χ2v) is 4.46. The van der Waals surface area contributed by atoms with Gasteiger partial charge in [0.2, 0.25) is 0 Å². The van der Waals surface area contributed by atoms with Gasteiger partial charge in [-0.15, -0.1) is 0 Å². The molecule has 5 nitrogen and oxygen atoms in total. The molecular weight excluding hydrogens is 220 g/mol. The second kappa shape index (κ2) is 5.42. The van der Waals surface area contributed by atoms with Crippen LogP contribution in [0.2, 0.25) is 0 Å². The van der Waals surface area contributed by atoms with Crippen molar-refractivity contribution < 1.29 is 14.3 Å². The lowest BCUT2D eigenvalue weighted by atomic mass is 10.1. The minimum atomic E-state index is -0.423. The predicted molar refractivity (Wildman–Crippen MR) is 61.9 cm³/mol. The van der Waals surface area contributed by atoms with Gasteiger partial charge in [-0.1, -0.05) is 0 Å². The van der Waals surface area contributed by atoms with Crippen LogP contribution in [0.15, 0.2) is 12.3 Å². The molecule has 1 fully saturated rings. The summed E-state index contributed by atoms with van der Waals surface area (Å²) in [4.78, 5) is 11.9. The van der Waals surface area contributed by atoms with Crippen LogP contribution in [0.1, 0.15) is 25.6 Å². The third-order valence-corrected chi connectivity index (χ3v) is 2.72. The average Bonchev–Trinajstić information content (AvgIpc) is 2.79. The summed E-state index contributed by atoms with van der Waals surface area (Å²) < 4.78 is 12.4. The Bertz CT molecular complexity index is 381. The zero-order chi connectivity index (χ0) is 12.3. The van der Waals surface area contributed by atoms with Gasteiger partial charge in [-0.3, -0.25) is 9.48 Å². The Balaban J connectivity index is 1.92. The molecule has 0 radical (unpaired) electrons. The van der Waals surface area contributed by atoms with E-state index in [9.17, 15) is 4.79 Å². The smallest absolute Gasteiger partial charge is 0.169 e. The van der Waals surface area contributed by atoms with Crippen molar-refractivity contribution in [3.8, 4) is 0 Å². The van der Waals surface area contributed by atoms with E-state index in [1.807, 2.05) is 16.9 Å². The maximum atomic E-state index is 11.9. The van der Waals surface area contributed by atoms with Crippen molar-refractivity contribution in [3.63, 3.8) is 0 Å². The number of carbonyl (C=O) groups excluding carboxylic acids is 1. The number of nitrogens with zero attached hydrogens (tertiary/aromatic N) is 2. The Hall–Kier alpha value is -1.20. The molecule has 1 aliphatic heterocycles. The summed E-state index contributed by atoms with van der Waals surface area (Å²) in [5.41, 5.74) is 0.790. The second-order valence-electron chi connectivity index (χ2n) is 4.46. The first-order valence-corrected chi connectivity index (χ1v) is 5.93. The van der Waals surface area contributed by atoms with E-state index >= 15 is 0 Å². The number of ether oxygens (including phenoxy) is 2. The fourth-order valence-electron chi connectivity index (χ4n) is 1.73. The van der Waals surface area contributed by atoms with Crippen molar-refractivity contribution in [2.45, 2.75) is 32.4 Å². The SMILES string of the molecule is CC(C)n1ccc(CC(=O)C2COCCO2)n1. The highest BCUT2D eigenvalue weighted by Crippen LogP contribution is 2.08. The van der Waals surface area contributed by atoms with Crippen LogP contribution >= 0.6 is 0 Å². The lowest BCUT2D eigenvalue weighted by molar-refractivity contribution is -0.144. The summed E-state index contributed by atoms with van der Waals surface area (Å²) in [6, 6.07) is 2.19. The van der Waals surface area contributed by atoms with Crippen molar-refractivity contribution in [2.24, 2.45) is 0 Å². The molecule has 5 heteroatoms. The number of rotatable bonds is 4. The van der Waals surface area contributed by atoms with E-state index in [-0.39, 0.29) is 5.78 Å². The number of Topliss-reactive ketones (excluding diaryl/α,β-unsaturated/α-hetero) is 1. The highest BCUT2D eigenvalue weighted by molar-refractivity contribution is 5.85. The topological polar surface area (TPSA) is 53.4 Å². The van der Waals surface area contributed by atoms with Crippen LogP contribution < -0.4 is 0 Å². The molecule has 0 spiro atoms. The first-order chi connectivity index (χ1) is 8.16. The number of ketones is 1. The summed E-state index contributed by atoms with van der Waals surface area (Å²) in [6.45, 7) is 5.54. The molecule has 0 saturated carbocycles. The number of hydrogen-bond acceptors (Lipinski definition) is 4. The minimum absolute atomic E-state index is 0.0405. The van der Waals surface area contributed by atoms with Gasteiger partial charge in [0.25, 0.3) is 0 Å². The Morgan fingerprint density at radius 3 is 3.00 bits per heavy atom. The van der Waals surface area contributed by atoms with Crippen molar-refractivity contribution in [2.75, 3.05) is 19.8 Å². The van der Waals surface area contributed by atoms with Crippen molar-refractivity contribution in [1.29, 1.82) is 0 Å². The summed E-state index contributed by atoms with van der Waals surface area (Å²) in [5.74, 6) is 0.0405. The summed E-state index contributed by atoms with van der Waals surface area (Å²) in [5, 5.41) is 4.34. The van der Waals surface area contributed by atoms with Crippen molar-refractivity contribution in [1.82, 2.24) is 9.78 Å². The van der Waals surface area contributed by atoms with Gasteiger partial charge in [0, 0.05) is 12.2 Å². The van der Waals surface area contributed by atoms with Crippen molar-refractivity contribution in [3.05, 3.63) is 18.0 Å².